The first-order valence-electron chi connectivity index (χ1n) is 6.51. The van der Waals surface area contributed by atoms with Crippen LogP contribution in [0.25, 0.3) is 0 Å². The molecule has 5 heteroatoms. The van der Waals surface area contributed by atoms with Gasteiger partial charge in [-0.2, -0.15) is 0 Å². The first kappa shape index (κ1) is 12.6. The molecule has 0 radical (unpaired) electrons. The lowest BCUT2D eigenvalue weighted by molar-refractivity contribution is -0.140. The van der Waals surface area contributed by atoms with Crippen molar-refractivity contribution in [3.8, 4) is 0 Å². The molecule has 0 saturated carbocycles. The Hall–Kier alpha value is -2.43. The van der Waals surface area contributed by atoms with Crippen molar-refractivity contribution in [2.24, 2.45) is 5.92 Å². The van der Waals surface area contributed by atoms with E-state index in [9.17, 15) is 9.59 Å². The zero-order valence-corrected chi connectivity index (χ0v) is 10.9. The van der Waals surface area contributed by atoms with E-state index < -0.39 is 0 Å². The minimum absolute atomic E-state index is 0.123. The van der Waals surface area contributed by atoms with Gasteiger partial charge in [-0.1, -0.05) is 35.5 Å². The molecule has 1 aromatic carbocycles. The number of benzene rings is 1. The third-order valence-corrected chi connectivity index (χ3v) is 3.47. The van der Waals surface area contributed by atoms with Crippen LogP contribution in [-0.2, 0) is 22.6 Å². The Morgan fingerprint density at radius 3 is 2.70 bits per heavy atom. The summed E-state index contributed by atoms with van der Waals surface area (Å²) < 4.78 is 4.72. The van der Waals surface area contributed by atoms with Gasteiger partial charge < -0.3 is 4.52 Å². The van der Waals surface area contributed by atoms with Crippen molar-refractivity contribution in [2.75, 3.05) is 0 Å². The quantitative estimate of drug-likeness (QED) is 0.795. The molecule has 0 spiro atoms. The third-order valence-electron chi connectivity index (χ3n) is 3.47. The average molecular weight is 270 g/mol. The van der Waals surface area contributed by atoms with Crippen molar-refractivity contribution in [3.05, 3.63) is 53.9 Å². The van der Waals surface area contributed by atoms with Crippen LogP contribution in [0.2, 0.25) is 0 Å². The first-order chi connectivity index (χ1) is 9.74. The lowest BCUT2D eigenvalue weighted by Gasteiger charge is -2.13. The summed E-state index contributed by atoms with van der Waals surface area (Å²) in [6, 6.07) is 11.4. The molecule has 2 heterocycles. The molecular formula is C15H14N2O3. The Kier molecular flexibility index (Phi) is 3.33. The Balaban J connectivity index is 1.70. The second-order valence-electron chi connectivity index (χ2n) is 4.90. The van der Waals surface area contributed by atoms with Gasteiger partial charge in [0.2, 0.25) is 11.8 Å². The molecule has 1 atom stereocenters. The Labute approximate surface area is 116 Å². The number of aromatic nitrogens is 1. The van der Waals surface area contributed by atoms with Crippen LogP contribution >= 0.6 is 0 Å². The molecule has 20 heavy (non-hydrogen) atoms. The summed E-state index contributed by atoms with van der Waals surface area (Å²) in [5, 5.41) is 3.74. The van der Waals surface area contributed by atoms with Crippen molar-refractivity contribution >= 4 is 11.8 Å². The molecule has 1 aliphatic rings. The second kappa shape index (κ2) is 5.28. The predicted octanol–water partition coefficient (Wildman–Crippen LogP) is 1.79. The highest BCUT2D eigenvalue weighted by molar-refractivity contribution is 6.03. The summed E-state index contributed by atoms with van der Waals surface area (Å²) in [5.41, 5.74) is 1.66. The number of carbonyl (C=O) groups is 2. The fourth-order valence-corrected chi connectivity index (χ4v) is 2.46. The first-order valence-corrected chi connectivity index (χ1v) is 6.51. The van der Waals surface area contributed by atoms with Crippen LogP contribution in [0.3, 0.4) is 0 Å². The van der Waals surface area contributed by atoms with Gasteiger partial charge in [0.25, 0.3) is 0 Å². The summed E-state index contributed by atoms with van der Waals surface area (Å²) in [4.78, 5) is 25.5. The zero-order valence-electron chi connectivity index (χ0n) is 10.9. The Morgan fingerprint density at radius 1 is 1.20 bits per heavy atom. The molecule has 0 aliphatic carbocycles. The third kappa shape index (κ3) is 2.47. The fraction of sp³-hybridized carbons (Fsp3) is 0.267. The molecule has 2 aromatic rings. The molecule has 0 N–H and O–H groups in total. The number of imide groups is 1. The highest BCUT2D eigenvalue weighted by Crippen LogP contribution is 2.24. The molecule has 0 bridgehead atoms. The standard InChI is InChI=1S/C15H14N2O3/c18-14-9-12(8-11-4-2-1-3-5-11)15(19)17(14)10-13-6-7-20-16-13/h1-7,12H,8-10H2/t12-/m1/s1. The van der Waals surface area contributed by atoms with E-state index in [1.54, 1.807) is 6.07 Å². The number of hydrogen-bond donors (Lipinski definition) is 0. The van der Waals surface area contributed by atoms with Crippen LogP contribution in [-0.4, -0.2) is 21.9 Å². The van der Waals surface area contributed by atoms with Gasteiger partial charge in [-0.15, -0.1) is 0 Å². The molecular weight excluding hydrogens is 256 g/mol. The highest BCUT2D eigenvalue weighted by atomic mass is 16.5. The summed E-state index contributed by atoms with van der Waals surface area (Å²) in [5.74, 6) is -0.530. The molecule has 0 unspecified atom stereocenters. The highest BCUT2D eigenvalue weighted by Gasteiger charge is 2.38. The maximum Gasteiger partial charge on any atom is 0.233 e. The van der Waals surface area contributed by atoms with Crippen molar-refractivity contribution in [1.29, 1.82) is 0 Å². The molecule has 102 valence electrons. The molecule has 5 nitrogen and oxygen atoms in total. The summed E-state index contributed by atoms with van der Waals surface area (Å²) in [6.45, 7) is 0.194. The smallest absolute Gasteiger partial charge is 0.233 e. The van der Waals surface area contributed by atoms with Gasteiger partial charge in [0, 0.05) is 12.5 Å². The topological polar surface area (TPSA) is 63.4 Å². The maximum absolute atomic E-state index is 12.3. The summed E-state index contributed by atoms with van der Waals surface area (Å²) in [7, 11) is 0. The number of likely N-dealkylation sites (tertiary alicyclic amines) is 1. The van der Waals surface area contributed by atoms with Crippen molar-refractivity contribution in [2.45, 2.75) is 19.4 Å². The minimum Gasteiger partial charge on any atom is -0.364 e. The average Bonchev–Trinajstić information content (AvgIpc) is 3.05. The van der Waals surface area contributed by atoms with Crippen molar-refractivity contribution < 1.29 is 14.1 Å². The van der Waals surface area contributed by atoms with E-state index in [0.717, 1.165) is 5.56 Å². The van der Waals surface area contributed by atoms with E-state index in [1.807, 2.05) is 30.3 Å². The number of amides is 2. The number of carbonyl (C=O) groups excluding carboxylic acids is 2. The van der Waals surface area contributed by atoms with E-state index in [2.05, 4.69) is 5.16 Å². The van der Waals surface area contributed by atoms with Crippen LogP contribution in [0, 0.1) is 5.92 Å². The fourth-order valence-electron chi connectivity index (χ4n) is 2.46. The molecule has 1 aliphatic heterocycles. The summed E-state index contributed by atoms with van der Waals surface area (Å²) in [6.07, 6.45) is 2.30. The van der Waals surface area contributed by atoms with Gasteiger partial charge in [0.15, 0.2) is 0 Å². The Morgan fingerprint density at radius 2 is 2.00 bits per heavy atom. The lowest BCUT2D eigenvalue weighted by atomic mass is 9.98. The van der Waals surface area contributed by atoms with Gasteiger partial charge in [0.05, 0.1) is 12.5 Å². The van der Waals surface area contributed by atoms with E-state index in [4.69, 9.17) is 4.52 Å². The van der Waals surface area contributed by atoms with Crippen molar-refractivity contribution in [1.82, 2.24) is 10.1 Å². The second-order valence-corrected chi connectivity index (χ2v) is 4.90. The SMILES string of the molecule is O=C1C[C@@H](Cc2ccccc2)C(=O)N1Cc1ccon1. The van der Waals surface area contributed by atoms with Gasteiger partial charge >= 0.3 is 0 Å². The van der Waals surface area contributed by atoms with Crippen LogP contribution in [0.1, 0.15) is 17.7 Å². The van der Waals surface area contributed by atoms with Gasteiger partial charge in [-0.25, -0.2) is 0 Å². The minimum atomic E-state index is -0.267. The van der Waals surface area contributed by atoms with E-state index in [0.29, 0.717) is 12.1 Å². The van der Waals surface area contributed by atoms with E-state index in [-0.39, 0.29) is 30.7 Å². The molecule has 1 saturated heterocycles. The van der Waals surface area contributed by atoms with Gasteiger partial charge in [-0.3, -0.25) is 14.5 Å². The van der Waals surface area contributed by atoms with Crippen LogP contribution in [0.4, 0.5) is 0 Å². The van der Waals surface area contributed by atoms with Gasteiger partial charge in [0.1, 0.15) is 12.0 Å². The Bertz CT molecular complexity index is 607. The normalized spacial score (nSPS) is 18.8. The summed E-state index contributed by atoms with van der Waals surface area (Å²) >= 11 is 0. The molecule has 1 aromatic heterocycles. The number of nitrogens with zero attached hydrogens (tertiary/aromatic N) is 2. The van der Waals surface area contributed by atoms with Crippen molar-refractivity contribution in [3.63, 3.8) is 0 Å². The molecule has 2 amide bonds. The van der Waals surface area contributed by atoms with Gasteiger partial charge in [-0.05, 0) is 12.0 Å². The molecule has 1 fully saturated rings. The van der Waals surface area contributed by atoms with Crippen LogP contribution in [0.15, 0.2) is 47.2 Å². The van der Waals surface area contributed by atoms with E-state index in [1.165, 1.54) is 11.2 Å². The lowest BCUT2D eigenvalue weighted by Crippen LogP contribution is -2.30. The number of hydrogen-bond acceptors (Lipinski definition) is 4. The predicted molar refractivity (Wildman–Crippen MR) is 70.3 cm³/mol. The zero-order chi connectivity index (χ0) is 13.9. The van der Waals surface area contributed by atoms with E-state index >= 15 is 0 Å². The molecule has 3 rings (SSSR count). The number of rotatable bonds is 4. The maximum atomic E-state index is 12.3. The van der Waals surface area contributed by atoms with Crippen LogP contribution in [0.5, 0.6) is 0 Å². The monoisotopic (exact) mass is 270 g/mol. The van der Waals surface area contributed by atoms with Crippen LogP contribution < -0.4 is 0 Å². The largest absolute Gasteiger partial charge is 0.364 e.